The molecule has 56 heavy (non-hydrogen) atoms. The van der Waals surface area contributed by atoms with Crippen LogP contribution in [0, 0.1) is 0 Å². The van der Waals surface area contributed by atoms with Crippen molar-refractivity contribution in [3.05, 3.63) is 194 Å². The molecule has 6 heteroatoms. The van der Waals surface area contributed by atoms with Gasteiger partial charge in [0.25, 0.3) is 0 Å². The lowest BCUT2D eigenvalue weighted by atomic mass is 10.1. The summed E-state index contributed by atoms with van der Waals surface area (Å²) in [6, 6.07) is 67.3. The van der Waals surface area contributed by atoms with E-state index in [1.54, 1.807) is 0 Å². The molecule has 0 saturated carbocycles. The van der Waals surface area contributed by atoms with E-state index in [9.17, 15) is 0 Å². The molecular formula is C50H32N6. The van der Waals surface area contributed by atoms with Crippen molar-refractivity contribution < 1.29 is 0 Å². The van der Waals surface area contributed by atoms with Crippen LogP contribution in [0.1, 0.15) is 0 Å². The van der Waals surface area contributed by atoms with Crippen LogP contribution in [0.4, 0.5) is 0 Å². The van der Waals surface area contributed by atoms with Crippen LogP contribution < -0.4 is 0 Å². The summed E-state index contributed by atoms with van der Waals surface area (Å²) in [5, 5.41) is 4.58. The smallest absolute Gasteiger partial charge is 0.238 e. The molecule has 0 saturated heterocycles. The summed E-state index contributed by atoms with van der Waals surface area (Å²) in [7, 11) is 0. The maximum Gasteiger partial charge on any atom is 0.238 e. The van der Waals surface area contributed by atoms with Gasteiger partial charge in [0, 0.05) is 49.5 Å². The number of benzene rings is 7. The SMILES string of the molecule is c1ccc(-c2cccc(-c3ccc(-n4c5ccccc5c5ccc6c7ccccc7n(-c7nc(-c8ccccc8)nc(-c8ccccc8)n7)c6c54)cc3)n2)cc1. The van der Waals surface area contributed by atoms with Crippen LogP contribution in [0.25, 0.3) is 101 Å². The maximum atomic E-state index is 5.23. The molecule has 262 valence electrons. The van der Waals surface area contributed by atoms with Gasteiger partial charge in [-0.3, -0.25) is 4.57 Å². The Kier molecular flexibility index (Phi) is 7.38. The van der Waals surface area contributed by atoms with Crippen LogP contribution in [0.15, 0.2) is 194 Å². The number of hydrogen-bond donors (Lipinski definition) is 0. The molecule has 0 unspecified atom stereocenters. The Bertz CT molecular complexity index is 3160. The molecule has 4 heterocycles. The van der Waals surface area contributed by atoms with Gasteiger partial charge in [-0.25, -0.2) is 9.97 Å². The van der Waals surface area contributed by atoms with Crippen LogP contribution in [-0.2, 0) is 0 Å². The maximum absolute atomic E-state index is 5.23. The molecule has 0 amide bonds. The van der Waals surface area contributed by atoms with E-state index < -0.39 is 0 Å². The van der Waals surface area contributed by atoms with Gasteiger partial charge in [-0.05, 0) is 36.4 Å². The summed E-state index contributed by atoms with van der Waals surface area (Å²) in [5.74, 6) is 1.80. The lowest BCUT2D eigenvalue weighted by Crippen LogP contribution is -2.07. The quantitative estimate of drug-likeness (QED) is 0.172. The highest BCUT2D eigenvalue weighted by molar-refractivity contribution is 6.23. The number of para-hydroxylation sites is 2. The zero-order valence-corrected chi connectivity index (χ0v) is 30.2. The molecule has 4 aromatic heterocycles. The Morgan fingerprint density at radius 1 is 0.286 bits per heavy atom. The minimum atomic E-state index is 0.563. The van der Waals surface area contributed by atoms with Crippen LogP contribution in [-0.4, -0.2) is 29.1 Å². The molecule has 0 aliphatic rings. The fraction of sp³-hybridized carbons (Fsp3) is 0. The molecule has 0 radical (unpaired) electrons. The fourth-order valence-corrected chi connectivity index (χ4v) is 8.02. The van der Waals surface area contributed by atoms with Crippen molar-refractivity contribution in [2.24, 2.45) is 0 Å². The zero-order valence-electron chi connectivity index (χ0n) is 30.2. The summed E-state index contributed by atoms with van der Waals surface area (Å²) in [6.45, 7) is 0. The van der Waals surface area contributed by atoms with E-state index in [1.807, 2.05) is 78.9 Å². The van der Waals surface area contributed by atoms with Crippen LogP contribution >= 0.6 is 0 Å². The molecule has 0 spiro atoms. The molecule has 0 fully saturated rings. The molecule has 7 aromatic carbocycles. The van der Waals surface area contributed by atoms with Crippen molar-refractivity contribution in [1.29, 1.82) is 0 Å². The van der Waals surface area contributed by atoms with E-state index in [1.165, 1.54) is 5.39 Å². The van der Waals surface area contributed by atoms with Crippen molar-refractivity contribution in [1.82, 2.24) is 29.1 Å². The van der Waals surface area contributed by atoms with Gasteiger partial charge in [0.05, 0.1) is 33.5 Å². The standard InChI is InChI=1S/C50H32N6/c1-4-15-33(16-5-1)42-23-14-24-43(51-42)34-27-29-37(30-28-34)55-44-25-12-10-21-38(44)40-31-32-41-39-22-11-13-26-45(39)56(47(41)46(40)55)50-53-48(35-17-6-2-7-18-35)52-49(54-50)36-19-8-3-9-20-36/h1-32H. The summed E-state index contributed by atoms with van der Waals surface area (Å²) >= 11 is 0. The molecule has 0 aliphatic heterocycles. The molecular weight excluding hydrogens is 685 g/mol. The molecule has 0 bridgehead atoms. The Hall–Kier alpha value is -7.70. The largest absolute Gasteiger partial charge is 0.307 e. The lowest BCUT2D eigenvalue weighted by molar-refractivity contribution is 0.953. The zero-order chi connectivity index (χ0) is 37.0. The summed E-state index contributed by atoms with van der Waals surface area (Å²) in [6.07, 6.45) is 0. The van der Waals surface area contributed by atoms with Gasteiger partial charge in [0.2, 0.25) is 5.95 Å². The Morgan fingerprint density at radius 3 is 1.29 bits per heavy atom. The van der Waals surface area contributed by atoms with E-state index in [-0.39, 0.29) is 0 Å². The highest BCUT2D eigenvalue weighted by Gasteiger charge is 2.23. The van der Waals surface area contributed by atoms with Crippen LogP contribution in [0.2, 0.25) is 0 Å². The van der Waals surface area contributed by atoms with Crippen molar-refractivity contribution in [3.8, 4) is 56.9 Å². The number of rotatable bonds is 6. The summed E-state index contributed by atoms with van der Waals surface area (Å²) in [4.78, 5) is 20.5. The topological polar surface area (TPSA) is 61.4 Å². The second-order valence-corrected chi connectivity index (χ2v) is 13.9. The van der Waals surface area contributed by atoms with Gasteiger partial charge >= 0.3 is 0 Å². The van der Waals surface area contributed by atoms with Gasteiger partial charge in [-0.15, -0.1) is 0 Å². The van der Waals surface area contributed by atoms with Gasteiger partial charge in [-0.2, -0.15) is 9.97 Å². The van der Waals surface area contributed by atoms with E-state index in [0.29, 0.717) is 17.6 Å². The Labute approximate surface area is 322 Å². The minimum absolute atomic E-state index is 0.563. The van der Waals surface area contributed by atoms with E-state index in [4.69, 9.17) is 19.9 Å². The second kappa shape index (κ2) is 13.0. The van der Waals surface area contributed by atoms with Crippen LogP contribution in [0.3, 0.4) is 0 Å². The molecule has 0 aliphatic carbocycles. The predicted octanol–water partition coefficient (Wildman–Crippen LogP) is 12.1. The second-order valence-electron chi connectivity index (χ2n) is 13.9. The molecule has 6 nitrogen and oxygen atoms in total. The molecule has 0 N–H and O–H groups in total. The predicted molar refractivity (Wildman–Crippen MR) is 228 cm³/mol. The summed E-state index contributed by atoms with van der Waals surface area (Å²) < 4.78 is 4.62. The highest BCUT2D eigenvalue weighted by Crippen LogP contribution is 2.41. The Morgan fingerprint density at radius 2 is 0.732 bits per heavy atom. The molecule has 11 rings (SSSR count). The minimum Gasteiger partial charge on any atom is -0.307 e. The number of fused-ring (bicyclic) bond motifs is 7. The monoisotopic (exact) mass is 716 g/mol. The average molecular weight is 717 g/mol. The fourth-order valence-electron chi connectivity index (χ4n) is 8.02. The van der Waals surface area contributed by atoms with Crippen molar-refractivity contribution >= 4 is 43.6 Å². The van der Waals surface area contributed by atoms with Crippen LogP contribution in [0.5, 0.6) is 0 Å². The average Bonchev–Trinajstić information content (AvgIpc) is 3.80. The first-order valence-electron chi connectivity index (χ1n) is 18.7. The van der Waals surface area contributed by atoms with Crippen molar-refractivity contribution in [2.45, 2.75) is 0 Å². The lowest BCUT2D eigenvalue weighted by Gasteiger charge is -2.13. The Balaban J connectivity index is 1.18. The third-order valence-electron chi connectivity index (χ3n) is 10.6. The summed E-state index contributed by atoms with van der Waals surface area (Å²) in [5.41, 5.74) is 11.2. The van der Waals surface area contributed by atoms with Gasteiger partial charge in [0.15, 0.2) is 11.6 Å². The van der Waals surface area contributed by atoms with Gasteiger partial charge < -0.3 is 4.57 Å². The number of hydrogen-bond acceptors (Lipinski definition) is 4. The third kappa shape index (κ3) is 5.19. The first kappa shape index (κ1) is 31.8. The first-order valence-corrected chi connectivity index (χ1v) is 18.7. The molecule has 0 atom stereocenters. The van der Waals surface area contributed by atoms with Gasteiger partial charge in [-0.1, -0.05) is 158 Å². The number of nitrogens with zero attached hydrogens (tertiary/aromatic N) is 6. The first-order chi connectivity index (χ1) is 27.8. The number of aromatic nitrogens is 6. The number of pyridine rings is 1. The van der Waals surface area contributed by atoms with Crippen molar-refractivity contribution in [2.75, 3.05) is 0 Å². The third-order valence-corrected chi connectivity index (χ3v) is 10.6. The molecule has 11 aromatic rings. The van der Waals surface area contributed by atoms with E-state index in [2.05, 4.69) is 124 Å². The van der Waals surface area contributed by atoms with Gasteiger partial charge in [0.1, 0.15) is 0 Å². The van der Waals surface area contributed by atoms with E-state index in [0.717, 1.165) is 77.6 Å². The van der Waals surface area contributed by atoms with E-state index >= 15 is 0 Å². The highest BCUT2D eigenvalue weighted by atomic mass is 15.2. The normalized spacial score (nSPS) is 11.6. The van der Waals surface area contributed by atoms with Crippen molar-refractivity contribution in [3.63, 3.8) is 0 Å².